The van der Waals surface area contributed by atoms with Gasteiger partial charge in [-0.3, -0.25) is 0 Å². The number of aryl methyl sites for hydroxylation is 1. The van der Waals surface area contributed by atoms with E-state index in [0.717, 1.165) is 24.2 Å². The molecule has 1 fully saturated rings. The average Bonchev–Trinajstić information content (AvgIpc) is 2.71. The van der Waals surface area contributed by atoms with E-state index >= 15 is 0 Å². The number of anilines is 2. The van der Waals surface area contributed by atoms with Crippen molar-refractivity contribution in [1.82, 2.24) is 15.3 Å². The van der Waals surface area contributed by atoms with Crippen molar-refractivity contribution in [3.05, 3.63) is 46.6 Å². The normalized spacial score (nSPS) is 19.6. The summed E-state index contributed by atoms with van der Waals surface area (Å²) < 4.78 is 0. The minimum Gasteiger partial charge on any atom is -0.363 e. The van der Waals surface area contributed by atoms with Crippen molar-refractivity contribution in [2.75, 3.05) is 30.9 Å². The fourth-order valence-corrected chi connectivity index (χ4v) is 4.49. The lowest BCUT2D eigenvalue weighted by atomic mass is 9.83. The van der Waals surface area contributed by atoms with E-state index in [-0.39, 0.29) is 5.54 Å². The van der Waals surface area contributed by atoms with Gasteiger partial charge in [-0.05, 0) is 101 Å². The van der Waals surface area contributed by atoms with E-state index in [0.29, 0.717) is 6.04 Å². The second kappa shape index (κ2) is 9.34. The van der Waals surface area contributed by atoms with Crippen molar-refractivity contribution in [1.29, 1.82) is 0 Å². The molecule has 1 aliphatic rings. The molecule has 1 saturated carbocycles. The third-order valence-corrected chi connectivity index (χ3v) is 6.84. The molecule has 0 saturated heterocycles. The van der Waals surface area contributed by atoms with Crippen LogP contribution in [0.4, 0.5) is 11.8 Å². The van der Waals surface area contributed by atoms with Crippen molar-refractivity contribution in [3.63, 3.8) is 0 Å². The van der Waals surface area contributed by atoms with Gasteiger partial charge >= 0.3 is 0 Å². The average molecular weight is 410 g/mol. The fourth-order valence-electron chi connectivity index (χ4n) is 4.49. The third kappa shape index (κ3) is 5.31. The molecule has 1 heterocycles. The smallest absolute Gasteiger partial charge is 0.224 e. The lowest BCUT2D eigenvalue weighted by Gasteiger charge is -2.34. The first-order valence-electron chi connectivity index (χ1n) is 11.3. The van der Waals surface area contributed by atoms with Crippen LogP contribution in [0.15, 0.2) is 24.4 Å². The van der Waals surface area contributed by atoms with Gasteiger partial charge in [0.1, 0.15) is 5.82 Å². The molecule has 2 N–H and O–H groups in total. The van der Waals surface area contributed by atoms with Gasteiger partial charge in [-0.25, -0.2) is 4.98 Å². The van der Waals surface area contributed by atoms with Crippen LogP contribution in [-0.2, 0) is 5.54 Å². The van der Waals surface area contributed by atoms with Crippen molar-refractivity contribution in [3.8, 4) is 0 Å². The minimum absolute atomic E-state index is 0.0158. The van der Waals surface area contributed by atoms with Crippen LogP contribution in [0.25, 0.3) is 0 Å². The summed E-state index contributed by atoms with van der Waals surface area (Å²) in [6, 6.07) is 6.96. The molecule has 30 heavy (non-hydrogen) atoms. The second-order valence-corrected chi connectivity index (χ2v) is 9.68. The van der Waals surface area contributed by atoms with Crippen LogP contribution < -0.4 is 15.5 Å². The molecule has 0 amide bonds. The van der Waals surface area contributed by atoms with Gasteiger partial charge in [-0.2, -0.15) is 4.98 Å². The summed E-state index contributed by atoms with van der Waals surface area (Å²) in [5.74, 6) is 2.41. The maximum absolute atomic E-state index is 4.60. The molecule has 3 rings (SSSR count). The number of hydrogen-bond acceptors (Lipinski definition) is 5. The monoisotopic (exact) mass is 409 g/mol. The Morgan fingerprint density at radius 2 is 1.70 bits per heavy atom. The van der Waals surface area contributed by atoms with E-state index in [1.54, 1.807) is 0 Å². The van der Waals surface area contributed by atoms with Crippen LogP contribution in [0.1, 0.15) is 61.8 Å². The molecule has 2 aromatic rings. The topological polar surface area (TPSA) is 53.1 Å². The van der Waals surface area contributed by atoms with Crippen LogP contribution in [0.2, 0.25) is 0 Å². The Balaban J connectivity index is 1.51. The van der Waals surface area contributed by atoms with E-state index in [9.17, 15) is 0 Å². The van der Waals surface area contributed by atoms with Crippen LogP contribution in [0, 0.1) is 26.7 Å². The number of rotatable bonds is 7. The van der Waals surface area contributed by atoms with Gasteiger partial charge in [0.2, 0.25) is 5.95 Å². The van der Waals surface area contributed by atoms with Crippen molar-refractivity contribution < 1.29 is 0 Å². The highest BCUT2D eigenvalue weighted by Gasteiger charge is 2.27. The maximum atomic E-state index is 4.60. The largest absolute Gasteiger partial charge is 0.363 e. The molecule has 0 atom stereocenters. The first-order chi connectivity index (χ1) is 14.2. The maximum Gasteiger partial charge on any atom is 0.224 e. The molecule has 0 spiro atoms. The summed E-state index contributed by atoms with van der Waals surface area (Å²) in [6.07, 6.45) is 6.65. The van der Waals surface area contributed by atoms with Crippen LogP contribution in [0.5, 0.6) is 0 Å². The number of benzene rings is 1. The second-order valence-electron chi connectivity index (χ2n) is 9.68. The Morgan fingerprint density at radius 1 is 1.00 bits per heavy atom. The van der Waals surface area contributed by atoms with Gasteiger partial charge in [0.05, 0.1) is 0 Å². The van der Waals surface area contributed by atoms with Crippen LogP contribution in [-0.4, -0.2) is 36.6 Å². The molecule has 5 heteroatoms. The van der Waals surface area contributed by atoms with Crippen molar-refractivity contribution in [2.45, 2.75) is 71.9 Å². The Morgan fingerprint density at radius 3 is 2.37 bits per heavy atom. The van der Waals surface area contributed by atoms with Gasteiger partial charge in [0, 0.05) is 31.9 Å². The number of hydrogen-bond donors (Lipinski definition) is 2. The summed E-state index contributed by atoms with van der Waals surface area (Å²) in [6.45, 7) is 12.4. The zero-order valence-corrected chi connectivity index (χ0v) is 19.8. The highest BCUT2D eigenvalue weighted by Crippen LogP contribution is 2.30. The highest BCUT2D eigenvalue weighted by atomic mass is 15.2. The summed E-state index contributed by atoms with van der Waals surface area (Å²) >= 11 is 0. The number of nitrogens with one attached hydrogen (secondary N) is 2. The predicted octanol–water partition coefficient (Wildman–Crippen LogP) is 4.96. The van der Waals surface area contributed by atoms with Gasteiger partial charge in [-0.1, -0.05) is 12.1 Å². The molecule has 164 valence electrons. The molecule has 0 unspecified atom stereocenters. The molecule has 0 aliphatic heterocycles. The van der Waals surface area contributed by atoms with Crippen molar-refractivity contribution >= 4 is 11.8 Å². The zero-order chi connectivity index (χ0) is 21.9. The lowest BCUT2D eigenvalue weighted by molar-refractivity contribution is 0.285. The van der Waals surface area contributed by atoms with E-state index in [1.165, 1.54) is 47.9 Å². The third-order valence-electron chi connectivity index (χ3n) is 6.84. The Kier molecular flexibility index (Phi) is 7.02. The first-order valence-corrected chi connectivity index (χ1v) is 11.3. The summed E-state index contributed by atoms with van der Waals surface area (Å²) in [5, 5.41) is 7.41. The summed E-state index contributed by atoms with van der Waals surface area (Å²) in [5.41, 5.74) is 5.60. The quantitative estimate of drug-likeness (QED) is 0.677. The predicted molar refractivity (Wildman–Crippen MR) is 127 cm³/mol. The number of aromatic nitrogens is 2. The molecule has 1 aromatic carbocycles. The van der Waals surface area contributed by atoms with Gasteiger partial charge < -0.3 is 15.5 Å². The van der Waals surface area contributed by atoms with Crippen LogP contribution in [0.3, 0.4) is 0 Å². The standard InChI is InChI=1S/C25H39N5/c1-17-8-13-22(19(3)18(17)2)25(4,5)27-16-20-9-11-21(12-10-20)28-24-26-15-14-23(29-24)30(6)7/h8,13-15,20-21,27H,9-12,16H2,1-7H3,(H,26,28,29)/t20-,21+. The Labute approximate surface area is 182 Å². The summed E-state index contributed by atoms with van der Waals surface area (Å²) in [7, 11) is 4.01. The molecule has 0 radical (unpaired) electrons. The van der Waals surface area contributed by atoms with Gasteiger partial charge in [-0.15, -0.1) is 0 Å². The molecule has 1 aromatic heterocycles. The first kappa shape index (κ1) is 22.5. The molecular weight excluding hydrogens is 370 g/mol. The van der Waals surface area contributed by atoms with E-state index in [1.807, 2.05) is 31.3 Å². The zero-order valence-electron chi connectivity index (χ0n) is 19.8. The van der Waals surface area contributed by atoms with E-state index in [2.05, 4.69) is 67.4 Å². The Bertz CT molecular complexity index is 851. The highest BCUT2D eigenvalue weighted by molar-refractivity contribution is 5.42. The molecule has 1 aliphatic carbocycles. The lowest BCUT2D eigenvalue weighted by Crippen LogP contribution is -2.41. The summed E-state index contributed by atoms with van der Waals surface area (Å²) in [4.78, 5) is 11.0. The van der Waals surface area contributed by atoms with E-state index < -0.39 is 0 Å². The van der Waals surface area contributed by atoms with Gasteiger partial charge in [0.15, 0.2) is 0 Å². The molecule has 5 nitrogen and oxygen atoms in total. The van der Waals surface area contributed by atoms with Crippen LogP contribution >= 0.6 is 0 Å². The van der Waals surface area contributed by atoms with E-state index in [4.69, 9.17) is 0 Å². The van der Waals surface area contributed by atoms with Gasteiger partial charge in [0.25, 0.3) is 0 Å². The minimum atomic E-state index is -0.0158. The molecule has 0 bridgehead atoms. The molecular formula is C25H39N5. The Hall–Kier alpha value is -2.14. The van der Waals surface area contributed by atoms with Crippen molar-refractivity contribution in [2.24, 2.45) is 5.92 Å². The number of nitrogens with zero attached hydrogens (tertiary/aromatic N) is 3. The SMILES string of the molecule is Cc1ccc(C(C)(C)NC[C@H]2CC[C@@H](Nc3nccc(N(C)C)n3)CC2)c(C)c1C. The fraction of sp³-hybridized carbons (Fsp3) is 0.600.